The third-order valence-electron chi connectivity index (χ3n) is 2.46. The van der Waals surface area contributed by atoms with Crippen molar-refractivity contribution in [2.45, 2.75) is 0 Å². The zero-order chi connectivity index (χ0) is 13.5. The highest BCUT2D eigenvalue weighted by molar-refractivity contribution is 5.80. The highest BCUT2D eigenvalue weighted by Gasteiger charge is 2.01. The van der Waals surface area contributed by atoms with Gasteiger partial charge in [0.2, 0.25) is 0 Å². The van der Waals surface area contributed by atoms with Crippen molar-refractivity contribution in [3.05, 3.63) is 76.4 Å². The fraction of sp³-hybridized carbons (Fsp3) is 0. The molecule has 2 rings (SSSR count). The molecule has 4 nitrogen and oxygen atoms in total. The first kappa shape index (κ1) is 12.7. The Hall–Kier alpha value is -2.75. The number of hydrogen-bond donors (Lipinski definition) is 0. The van der Waals surface area contributed by atoms with Crippen molar-refractivity contribution in [2.24, 2.45) is 4.99 Å². The molecule has 4 heteroatoms. The average molecular weight is 252 g/mol. The van der Waals surface area contributed by atoms with Gasteiger partial charge >= 0.3 is 0 Å². The third kappa shape index (κ3) is 3.89. The van der Waals surface area contributed by atoms with Gasteiger partial charge < -0.3 is 0 Å². The van der Waals surface area contributed by atoms with Gasteiger partial charge in [0.25, 0.3) is 5.69 Å². The van der Waals surface area contributed by atoms with Crippen molar-refractivity contribution in [3.63, 3.8) is 0 Å². The number of para-hydroxylation sites is 1. The van der Waals surface area contributed by atoms with E-state index in [2.05, 4.69) is 4.99 Å². The van der Waals surface area contributed by atoms with E-state index in [1.807, 2.05) is 36.4 Å². The summed E-state index contributed by atoms with van der Waals surface area (Å²) < 4.78 is 0. The highest BCUT2D eigenvalue weighted by Crippen LogP contribution is 2.13. The molecule has 0 amide bonds. The molecule has 19 heavy (non-hydrogen) atoms. The molecule has 0 aliphatic heterocycles. The van der Waals surface area contributed by atoms with E-state index in [9.17, 15) is 10.1 Å². The van der Waals surface area contributed by atoms with Gasteiger partial charge in [-0.25, -0.2) is 0 Å². The van der Waals surface area contributed by atoms with Crippen molar-refractivity contribution in [1.29, 1.82) is 0 Å². The van der Waals surface area contributed by atoms with Crippen LogP contribution in [0.4, 0.5) is 11.4 Å². The Bertz CT molecular complexity index is 602. The molecule has 0 aromatic heterocycles. The van der Waals surface area contributed by atoms with E-state index in [-0.39, 0.29) is 5.69 Å². The van der Waals surface area contributed by atoms with Crippen LogP contribution >= 0.6 is 0 Å². The maximum Gasteiger partial charge on any atom is 0.269 e. The Morgan fingerprint density at radius 3 is 2.32 bits per heavy atom. The van der Waals surface area contributed by atoms with Gasteiger partial charge in [0, 0.05) is 18.3 Å². The first-order chi connectivity index (χ1) is 9.25. The van der Waals surface area contributed by atoms with Crippen LogP contribution in [-0.4, -0.2) is 11.1 Å². The average Bonchev–Trinajstić information content (AvgIpc) is 2.45. The molecule has 0 atom stereocenters. The van der Waals surface area contributed by atoms with Crippen LogP contribution in [0.15, 0.2) is 65.7 Å². The van der Waals surface area contributed by atoms with Gasteiger partial charge in [-0.1, -0.05) is 24.3 Å². The molecule has 94 valence electrons. The minimum atomic E-state index is -0.412. The molecule has 2 aromatic rings. The Morgan fingerprint density at radius 2 is 1.68 bits per heavy atom. The van der Waals surface area contributed by atoms with Gasteiger partial charge in [-0.15, -0.1) is 0 Å². The second-order valence-electron chi connectivity index (χ2n) is 3.82. The van der Waals surface area contributed by atoms with Crippen LogP contribution in [0, 0.1) is 10.1 Å². The maximum atomic E-state index is 10.5. The minimum Gasteiger partial charge on any atom is -0.258 e. The molecule has 0 unspecified atom stereocenters. The molecule has 0 N–H and O–H groups in total. The van der Waals surface area contributed by atoms with E-state index >= 15 is 0 Å². The smallest absolute Gasteiger partial charge is 0.258 e. The first-order valence-corrected chi connectivity index (χ1v) is 5.76. The summed E-state index contributed by atoms with van der Waals surface area (Å²) in [6, 6.07) is 16.0. The van der Waals surface area contributed by atoms with Crippen molar-refractivity contribution >= 4 is 23.7 Å². The number of nitro groups is 1. The third-order valence-corrected chi connectivity index (χ3v) is 2.46. The van der Waals surface area contributed by atoms with Crippen LogP contribution in [0.25, 0.3) is 6.08 Å². The molecule has 0 aliphatic rings. The summed E-state index contributed by atoms with van der Waals surface area (Å²) in [5, 5.41) is 10.5. The molecular weight excluding hydrogens is 240 g/mol. The number of hydrogen-bond acceptors (Lipinski definition) is 3. The number of rotatable bonds is 4. The first-order valence-electron chi connectivity index (χ1n) is 5.76. The highest BCUT2D eigenvalue weighted by atomic mass is 16.6. The van der Waals surface area contributed by atoms with E-state index in [1.165, 1.54) is 12.1 Å². The van der Waals surface area contributed by atoms with Gasteiger partial charge in [-0.05, 0) is 35.9 Å². The second kappa shape index (κ2) is 6.26. The number of nitro benzene ring substituents is 1. The molecule has 0 aliphatic carbocycles. The number of aliphatic imine (C=N–C) groups is 1. The minimum absolute atomic E-state index is 0.0927. The molecule has 0 saturated carbocycles. The summed E-state index contributed by atoms with van der Waals surface area (Å²) in [5.74, 6) is 0. The van der Waals surface area contributed by atoms with Gasteiger partial charge in [0.15, 0.2) is 0 Å². The standard InChI is InChI=1S/C15H12N2O2/c18-17(19)15-10-8-13(9-11-15)5-4-12-16-14-6-2-1-3-7-14/h1-12H/b5-4+,16-12?. The number of benzene rings is 2. The largest absolute Gasteiger partial charge is 0.269 e. The lowest BCUT2D eigenvalue weighted by Gasteiger charge is -1.92. The monoisotopic (exact) mass is 252 g/mol. The number of non-ortho nitro benzene ring substituents is 1. The molecule has 0 saturated heterocycles. The number of nitrogens with zero attached hydrogens (tertiary/aromatic N) is 2. The van der Waals surface area contributed by atoms with E-state index in [0.717, 1.165) is 11.3 Å². The van der Waals surface area contributed by atoms with Gasteiger partial charge in [-0.3, -0.25) is 15.1 Å². The predicted molar refractivity (Wildman–Crippen MR) is 76.7 cm³/mol. The molecule has 0 bridgehead atoms. The van der Waals surface area contributed by atoms with E-state index in [1.54, 1.807) is 24.4 Å². The number of allylic oxidation sites excluding steroid dienone is 1. The Morgan fingerprint density at radius 1 is 1.00 bits per heavy atom. The normalized spacial score (nSPS) is 11.2. The van der Waals surface area contributed by atoms with Gasteiger partial charge in [-0.2, -0.15) is 0 Å². The molecule has 0 heterocycles. The molecule has 0 radical (unpaired) electrons. The SMILES string of the molecule is O=[N+]([O-])c1ccc(/C=C/C=Nc2ccccc2)cc1. The topological polar surface area (TPSA) is 55.5 Å². The zero-order valence-corrected chi connectivity index (χ0v) is 10.1. The fourth-order valence-corrected chi connectivity index (χ4v) is 1.50. The van der Waals surface area contributed by atoms with Crippen molar-refractivity contribution < 1.29 is 4.92 Å². The van der Waals surface area contributed by atoms with Crippen LogP contribution in [0.3, 0.4) is 0 Å². The lowest BCUT2D eigenvalue weighted by atomic mass is 10.2. The summed E-state index contributed by atoms with van der Waals surface area (Å²) >= 11 is 0. The Kier molecular flexibility index (Phi) is 4.18. The van der Waals surface area contributed by atoms with Crippen LogP contribution in [0.2, 0.25) is 0 Å². The van der Waals surface area contributed by atoms with Crippen LogP contribution in [0.5, 0.6) is 0 Å². The van der Waals surface area contributed by atoms with Crippen molar-refractivity contribution in [3.8, 4) is 0 Å². The summed E-state index contributed by atoms with van der Waals surface area (Å²) in [5.41, 5.74) is 1.87. The van der Waals surface area contributed by atoms with Crippen LogP contribution < -0.4 is 0 Å². The predicted octanol–water partition coefficient (Wildman–Crippen LogP) is 4.01. The second-order valence-corrected chi connectivity index (χ2v) is 3.82. The van der Waals surface area contributed by atoms with Crippen LogP contribution in [-0.2, 0) is 0 Å². The zero-order valence-electron chi connectivity index (χ0n) is 10.1. The van der Waals surface area contributed by atoms with Crippen molar-refractivity contribution in [2.75, 3.05) is 0 Å². The van der Waals surface area contributed by atoms with Gasteiger partial charge in [0.05, 0.1) is 10.6 Å². The summed E-state index contributed by atoms with van der Waals surface area (Å²) in [6.07, 6.45) is 5.33. The van der Waals surface area contributed by atoms with E-state index in [4.69, 9.17) is 0 Å². The molecule has 0 fully saturated rings. The molecule has 0 spiro atoms. The van der Waals surface area contributed by atoms with Crippen molar-refractivity contribution in [1.82, 2.24) is 0 Å². The lowest BCUT2D eigenvalue weighted by molar-refractivity contribution is -0.384. The molecular formula is C15H12N2O2. The Balaban J connectivity index is 1.99. The van der Waals surface area contributed by atoms with Gasteiger partial charge in [0.1, 0.15) is 0 Å². The molecule has 2 aromatic carbocycles. The van der Waals surface area contributed by atoms with E-state index in [0.29, 0.717) is 0 Å². The fourth-order valence-electron chi connectivity index (χ4n) is 1.50. The van der Waals surface area contributed by atoms with E-state index < -0.39 is 4.92 Å². The Labute approximate surface area is 110 Å². The summed E-state index contributed by atoms with van der Waals surface area (Å²) in [6.45, 7) is 0. The lowest BCUT2D eigenvalue weighted by Crippen LogP contribution is -1.86. The summed E-state index contributed by atoms with van der Waals surface area (Å²) in [4.78, 5) is 14.3. The maximum absolute atomic E-state index is 10.5. The quantitative estimate of drug-likeness (QED) is 0.469. The van der Waals surface area contributed by atoms with Crippen LogP contribution in [0.1, 0.15) is 5.56 Å². The summed E-state index contributed by atoms with van der Waals surface area (Å²) in [7, 11) is 0.